The van der Waals surface area contributed by atoms with E-state index < -0.39 is 0 Å². The van der Waals surface area contributed by atoms with Crippen molar-refractivity contribution < 1.29 is 9.66 Å². The third kappa shape index (κ3) is 3.15. The lowest BCUT2D eigenvalue weighted by Crippen LogP contribution is -2.40. The van der Waals surface area contributed by atoms with Crippen molar-refractivity contribution in [2.45, 2.75) is 38.8 Å². The lowest BCUT2D eigenvalue weighted by atomic mass is 10.1. The van der Waals surface area contributed by atoms with Gasteiger partial charge in [0.25, 0.3) is 5.69 Å². The molecule has 1 saturated heterocycles. The van der Waals surface area contributed by atoms with E-state index in [0.29, 0.717) is 5.39 Å². The molecule has 0 radical (unpaired) electrons. The minimum absolute atomic E-state index is 0.121. The van der Waals surface area contributed by atoms with Crippen LogP contribution in [0.4, 0.5) is 5.69 Å². The van der Waals surface area contributed by atoms with Gasteiger partial charge in [0, 0.05) is 30.1 Å². The Bertz CT molecular complexity index is 737. The van der Waals surface area contributed by atoms with Gasteiger partial charge < -0.3 is 4.74 Å². The second kappa shape index (κ2) is 5.81. The van der Waals surface area contributed by atoms with Crippen LogP contribution in [0.5, 0.6) is 5.75 Å². The van der Waals surface area contributed by atoms with Gasteiger partial charge in [-0.3, -0.25) is 15.0 Å². The summed E-state index contributed by atoms with van der Waals surface area (Å²) in [4.78, 5) is 13.2. The molecule has 2 aromatic rings. The number of rotatable bonds is 3. The average Bonchev–Trinajstić information content (AvgIpc) is 2.96. The first-order valence-electron chi connectivity index (χ1n) is 7.94. The van der Waals surface area contributed by atoms with Gasteiger partial charge in [-0.05, 0) is 39.3 Å². The largest absolute Gasteiger partial charge is 0.488 e. The van der Waals surface area contributed by atoms with Crippen LogP contribution in [0.3, 0.4) is 0 Å². The number of hydrogen-bond acceptors (Lipinski definition) is 4. The van der Waals surface area contributed by atoms with Crippen LogP contribution in [0.1, 0.15) is 27.2 Å². The van der Waals surface area contributed by atoms with Gasteiger partial charge in [0.05, 0.1) is 10.3 Å². The summed E-state index contributed by atoms with van der Waals surface area (Å²) in [6, 6.07) is 10.6. The molecule has 122 valence electrons. The van der Waals surface area contributed by atoms with Gasteiger partial charge in [0.1, 0.15) is 11.9 Å². The molecule has 1 atom stereocenters. The highest BCUT2D eigenvalue weighted by atomic mass is 16.6. The second-order valence-corrected chi connectivity index (χ2v) is 7.03. The lowest BCUT2D eigenvalue weighted by molar-refractivity contribution is -0.383. The van der Waals surface area contributed by atoms with Crippen molar-refractivity contribution in [3.05, 3.63) is 46.5 Å². The highest BCUT2D eigenvalue weighted by Crippen LogP contribution is 2.34. The topological polar surface area (TPSA) is 55.6 Å². The predicted octanol–water partition coefficient (Wildman–Crippen LogP) is 4.00. The molecule has 5 heteroatoms. The number of fused-ring (bicyclic) bond motifs is 1. The predicted molar refractivity (Wildman–Crippen MR) is 91.0 cm³/mol. The third-order valence-corrected chi connectivity index (χ3v) is 4.45. The Kier molecular flexibility index (Phi) is 3.98. The summed E-state index contributed by atoms with van der Waals surface area (Å²) in [5.74, 6) is 0.729. The molecule has 23 heavy (non-hydrogen) atoms. The molecule has 0 spiro atoms. The standard InChI is InChI=1S/C18H22N2O3/c1-18(2,3)19-11-10-13(12-19)23-17-9-8-16(20(21)22)14-6-4-5-7-15(14)17/h4-9,13H,10-12H2,1-3H3/t13-/m1/s1. The molecular weight excluding hydrogens is 292 g/mol. The van der Waals surface area contributed by atoms with Crippen LogP contribution in [0.15, 0.2) is 36.4 Å². The van der Waals surface area contributed by atoms with Gasteiger partial charge in [0.15, 0.2) is 0 Å². The summed E-state index contributed by atoms with van der Waals surface area (Å²) in [5, 5.41) is 12.6. The molecule has 2 aromatic carbocycles. The number of ether oxygens (including phenoxy) is 1. The fraction of sp³-hybridized carbons (Fsp3) is 0.444. The summed E-state index contributed by atoms with van der Waals surface area (Å²) in [7, 11) is 0. The molecule has 0 unspecified atom stereocenters. The normalized spacial score (nSPS) is 19.2. The van der Waals surface area contributed by atoms with E-state index in [-0.39, 0.29) is 22.3 Å². The molecule has 0 saturated carbocycles. The van der Waals surface area contributed by atoms with Crippen LogP contribution in [0, 0.1) is 10.1 Å². The zero-order chi connectivity index (χ0) is 16.6. The van der Waals surface area contributed by atoms with E-state index in [4.69, 9.17) is 4.74 Å². The van der Waals surface area contributed by atoms with E-state index in [2.05, 4.69) is 25.7 Å². The summed E-state index contributed by atoms with van der Waals surface area (Å²) in [6.45, 7) is 8.51. The van der Waals surface area contributed by atoms with Crippen LogP contribution in [0.25, 0.3) is 10.8 Å². The fourth-order valence-corrected chi connectivity index (χ4v) is 3.13. The third-order valence-electron chi connectivity index (χ3n) is 4.45. The Morgan fingerprint density at radius 1 is 1.17 bits per heavy atom. The Morgan fingerprint density at radius 3 is 2.48 bits per heavy atom. The first kappa shape index (κ1) is 15.7. The number of nitro benzene ring substituents is 1. The van der Waals surface area contributed by atoms with E-state index >= 15 is 0 Å². The zero-order valence-corrected chi connectivity index (χ0v) is 13.8. The first-order valence-corrected chi connectivity index (χ1v) is 7.94. The zero-order valence-electron chi connectivity index (χ0n) is 13.8. The molecule has 0 N–H and O–H groups in total. The van der Waals surface area contributed by atoms with Crippen molar-refractivity contribution >= 4 is 16.5 Å². The van der Waals surface area contributed by atoms with Crippen LogP contribution in [-0.4, -0.2) is 34.6 Å². The molecule has 1 heterocycles. The van der Waals surface area contributed by atoms with E-state index in [1.807, 2.05) is 18.2 Å². The summed E-state index contributed by atoms with van der Waals surface area (Å²) < 4.78 is 6.18. The van der Waals surface area contributed by atoms with E-state index in [1.54, 1.807) is 12.1 Å². The fourth-order valence-electron chi connectivity index (χ4n) is 3.13. The lowest BCUT2D eigenvalue weighted by Gasteiger charge is -2.31. The molecule has 5 nitrogen and oxygen atoms in total. The van der Waals surface area contributed by atoms with Gasteiger partial charge in [-0.2, -0.15) is 0 Å². The highest BCUT2D eigenvalue weighted by Gasteiger charge is 2.31. The van der Waals surface area contributed by atoms with Gasteiger partial charge in [0.2, 0.25) is 0 Å². The number of hydrogen-bond donors (Lipinski definition) is 0. The molecule has 3 rings (SSSR count). The quantitative estimate of drug-likeness (QED) is 0.635. The molecular formula is C18H22N2O3. The van der Waals surface area contributed by atoms with Crippen LogP contribution in [-0.2, 0) is 0 Å². The maximum absolute atomic E-state index is 11.2. The van der Waals surface area contributed by atoms with Gasteiger partial charge >= 0.3 is 0 Å². The Hall–Kier alpha value is -2.14. The number of nitro groups is 1. The van der Waals surface area contributed by atoms with E-state index in [0.717, 1.165) is 30.6 Å². The summed E-state index contributed by atoms with van der Waals surface area (Å²) >= 11 is 0. The number of nitrogens with zero attached hydrogens (tertiary/aromatic N) is 2. The molecule has 1 fully saturated rings. The average molecular weight is 314 g/mol. The van der Waals surface area contributed by atoms with Crippen molar-refractivity contribution in [3.8, 4) is 5.75 Å². The Labute approximate surface area is 136 Å². The SMILES string of the molecule is CC(C)(C)N1CC[C@@H](Oc2ccc([N+](=O)[O-])c3ccccc23)C1. The van der Waals surface area contributed by atoms with Crippen LogP contribution >= 0.6 is 0 Å². The Morgan fingerprint density at radius 2 is 1.87 bits per heavy atom. The maximum atomic E-state index is 11.2. The summed E-state index contributed by atoms with van der Waals surface area (Å²) in [5.41, 5.74) is 0.256. The number of benzene rings is 2. The van der Waals surface area contributed by atoms with Gasteiger partial charge in [-0.1, -0.05) is 18.2 Å². The van der Waals surface area contributed by atoms with Crippen LogP contribution in [0.2, 0.25) is 0 Å². The van der Waals surface area contributed by atoms with Crippen LogP contribution < -0.4 is 4.74 Å². The van der Waals surface area contributed by atoms with Crippen molar-refractivity contribution in [2.75, 3.05) is 13.1 Å². The highest BCUT2D eigenvalue weighted by molar-refractivity contribution is 5.95. The van der Waals surface area contributed by atoms with Crippen molar-refractivity contribution in [3.63, 3.8) is 0 Å². The molecule has 0 aromatic heterocycles. The maximum Gasteiger partial charge on any atom is 0.277 e. The second-order valence-electron chi connectivity index (χ2n) is 7.03. The molecule has 0 amide bonds. The van der Waals surface area contributed by atoms with Crippen molar-refractivity contribution in [1.82, 2.24) is 4.90 Å². The number of likely N-dealkylation sites (tertiary alicyclic amines) is 1. The minimum Gasteiger partial charge on any atom is -0.488 e. The Balaban J connectivity index is 1.88. The smallest absolute Gasteiger partial charge is 0.277 e. The van der Waals surface area contributed by atoms with Gasteiger partial charge in [-0.25, -0.2) is 0 Å². The first-order chi connectivity index (χ1) is 10.9. The molecule has 0 bridgehead atoms. The summed E-state index contributed by atoms with van der Waals surface area (Å²) in [6.07, 6.45) is 1.10. The minimum atomic E-state index is -0.344. The van der Waals surface area contributed by atoms with E-state index in [9.17, 15) is 10.1 Å². The molecule has 1 aliphatic heterocycles. The van der Waals surface area contributed by atoms with E-state index in [1.165, 1.54) is 6.07 Å². The monoisotopic (exact) mass is 314 g/mol. The molecule has 0 aliphatic carbocycles. The van der Waals surface area contributed by atoms with Gasteiger partial charge in [-0.15, -0.1) is 0 Å². The van der Waals surface area contributed by atoms with Crippen molar-refractivity contribution in [1.29, 1.82) is 0 Å². The molecule has 1 aliphatic rings. The number of non-ortho nitro benzene ring substituents is 1. The van der Waals surface area contributed by atoms with Crippen molar-refractivity contribution in [2.24, 2.45) is 0 Å².